The number of thiocarbonyl (C=S) groups is 1. The normalized spacial score (nSPS) is 10.3. The Bertz CT molecular complexity index is 796. The summed E-state index contributed by atoms with van der Waals surface area (Å²) in [5.41, 5.74) is 1.25. The molecule has 162 valence electrons. The molecule has 0 unspecified atom stereocenters. The molecule has 2 aromatic rings. The van der Waals surface area contributed by atoms with Crippen molar-refractivity contribution >= 4 is 28.9 Å². The minimum absolute atomic E-state index is 0.223. The third-order valence-corrected chi connectivity index (χ3v) is 4.46. The van der Waals surface area contributed by atoms with Gasteiger partial charge in [-0.15, -0.1) is 0 Å². The number of ether oxygens (including phenoxy) is 3. The van der Waals surface area contributed by atoms with Crippen molar-refractivity contribution in [3.05, 3.63) is 54.1 Å². The van der Waals surface area contributed by atoms with Crippen LogP contribution in [0.3, 0.4) is 0 Å². The molecular formula is C23H30N2O4S. The number of nitrogens with one attached hydrogen (secondary N) is 2. The standard InChI is InChI=1S/C23H30N2O4S/c1-3-4-5-6-14-28-21-9-7-8-19(17-21)24-23(30)25-22(26)18-10-12-20(13-11-18)29-16-15-27-2/h7-13,17H,3-6,14-16H2,1-2H3,(H2,24,25,26,30). The lowest BCUT2D eigenvalue weighted by Gasteiger charge is -2.12. The number of carbonyl (C=O) groups excluding carboxylic acids is 1. The van der Waals surface area contributed by atoms with E-state index in [9.17, 15) is 4.79 Å². The van der Waals surface area contributed by atoms with E-state index in [1.165, 1.54) is 19.3 Å². The fraction of sp³-hybridized carbons (Fsp3) is 0.391. The maximum absolute atomic E-state index is 12.4. The number of benzene rings is 2. The fourth-order valence-corrected chi connectivity index (χ4v) is 2.88. The highest BCUT2D eigenvalue weighted by Gasteiger charge is 2.09. The summed E-state index contributed by atoms with van der Waals surface area (Å²) in [4.78, 5) is 12.4. The van der Waals surface area contributed by atoms with Crippen LogP contribution in [0.15, 0.2) is 48.5 Å². The zero-order valence-corrected chi connectivity index (χ0v) is 18.4. The molecule has 2 N–H and O–H groups in total. The van der Waals surface area contributed by atoms with Crippen LogP contribution < -0.4 is 20.1 Å². The van der Waals surface area contributed by atoms with Gasteiger partial charge in [-0.2, -0.15) is 0 Å². The fourth-order valence-electron chi connectivity index (χ4n) is 2.67. The number of hydrogen-bond donors (Lipinski definition) is 2. The van der Waals surface area contributed by atoms with E-state index >= 15 is 0 Å². The molecule has 6 nitrogen and oxygen atoms in total. The topological polar surface area (TPSA) is 68.8 Å². The van der Waals surface area contributed by atoms with Crippen LogP contribution in [-0.4, -0.2) is 38.0 Å². The first-order valence-corrected chi connectivity index (χ1v) is 10.6. The smallest absolute Gasteiger partial charge is 0.257 e. The van der Waals surface area contributed by atoms with Gasteiger partial charge in [-0.05, 0) is 55.0 Å². The number of methoxy groups -OCH3 is 1. The lowest BCUT2D eigenvalue weighted by atomic mass is 10.2. The second-order valence-corrected chi connectivity index (χ2v) is 7.12. The molecule has 0 spiro atoms. The van der Waals surface area contributed by atoms with Crippen LogP contribution >= 0.6 is 12.2 Å². The van der Waals surface area contributed by atoms with Crippen molar-refractivity contribution in [2.75, 3.05) is 32.2 Å². The summed E-state index contributed by atoms with van der Waals surface area (Å²) in [6.07, 6.45) is 4.64. The van der Waals surface area contributed by atoms with Gasteiger partial charge >= 0.3 is 0 Å². The van der Waals surface area contributed by atoms with Crippen LogP contribution in [-0.2, 0) is 4.74 Å². The molecule has 2 rings (SSSR count). The van der Waals surface area contributed by atoms with Crippen LogP contribution in [0.5, 0.6) is 11.5 Å². The molecule has 0 aliphatic carbocycles. The zero-order valence-electron chi connectivity index (χ0n) is 17.6. The summed E-state index contributed by atoms with van der Waals surface area (Å²) in [6, 6.07) is 14.4. The van der Waals surface area contributed by atoms with Gasteiger partial charge in [0.05, 0.1) is 13.2 Å². The second-order valence-electron chi connectivity index (χ2n) is 6.71. The molecule has 1 amide bonds. The lowest BCUT2D eigenvalue weighted by molar-refractivity contribution is 0.0977. The number of amides is 1. The lowest BCUT2D eigenvalue weighted by Crippen LogP contribution is -2.34. The highest BCUT2D eigenvalue weighted by molar-refractivity contribution is 7.80. The van der Waals surface area contributed by atoms with Crippen LogP contribution in [0.4, 0.5) is 5.69 Å². The number of rotatable bonds is 12. The summed E-state index contributed by atoms with van der Waals surface area (Å²) in [5, 5.41) is 5.93. The molecular weight excluding hydrogens is 400 g/mol. The molecule has 0 aliphatic heterocycles. The Labute approximate surface area is 183 Å². The number of carbonyl (C=O) groups is 1. The average Bonchev–Trinajstić information content (AvgIpc) is 2.74. The first kappa shape index (κ1) is 23.6. The van der Waals surface area contributed by atoms with E-state index in [4.69, 9.17) is 26.4 Å². The molecule has 0 fully saturated rings. The van der Waals surface area contributed by atoms with E-state index in [-0.39, 0.29) is 11.0 Å². The molecule has 0 bridgehead atoms. The molecule has 2 aromatic carbocycles. The van der Waals surface area contributed by atoms with Gasteiger partial charge < -0.3 is 19.5 Å². The van der Waals surface area contributed by atoms with Gasteiger partial charge in [0.25, 0.3) is 5.91 Å². The van der Waals surface area contributed by atoms with E-state index in [1.807, 2.05) is 24.3 Å². The quantitative estimate of drug-likeness (QED) is 0.372. The second kappa shape index (κ2) is 13.6. The highest BCUT2D eigenvalue weighted by atomic mass is 32.1. The monoisotopic (exact) mass is 430 g/mol. The molecule has 0 radical (unpaired) electrons. The SMILES string of the molecule is CCCCCCOc1cccc(NC(=S)NC(=O)c2ccc(OCCOC)cc2)c1. The van der Waals surface area contributed by atoms with Crippen molar-refractivity contribution in [1.29, 1.82) is 0 Å². The number of anilines is 1. The van der Waals surface area contributed by atoms with Gasteiger partial charge in [-0.1, -0.05) is 32.3 Å². The number of hydrogen-bond acceptors (Lipinski definition) is 5. The Morgan fingerprint density at radius 1 is 0.933 bits per heavy atom. The molecule has 0 aromatic heterocycles. The van der Waals surface area contributed by atoms with Crippen LogP contribution in [0, 0.1) is 0 Å². The van der Waals surface area contributed by atoms with Gasteiger partial charge in [0.1, 0.15) is 18.1 Å². The Kier molecular flexibility index (Phi) is 10.7. The first-order chi connectivity index (χ1) is 14.6. The predicted octanol–water partition coefficient (Wildman–Crippen LogP) is 4.80. The molecule has 0 saturated heterocycles. The van der Waals surface area contributed by atoms with Gasteiger partial charge in [0.15, 0.2) is 5.11 Å². The predicted molar refractivity (Wildman–Crippen MR) is 124 cm³/mol. The van der Waals surface area contributed by atoms with E-state index in [1.54, 1.807) is 31.4 Å². The first-order valence-electron chi connectivity index (χ1n) is 10.2. The summed E-state index contributed by atoms with van der Waals surface area (Å²) < 4.78 is 16.2. The van der Waals surface area contributed by atoms with Crippen molar-refractivity contribution in [2.45, 2.75) is 32.6 Å². The van der Waals surface area contributed by atoms with E-state index in [2.05, 4.69) is 17.6 Å². The minimum atomic E-state index is -0.292. The maximum Gasteiger partial charge on any atom is 0.257 e. The summed E-state index contributed by atoms with van der Waals surface area (Å²) in [7, 11) is 1.62. The van der Waals surface area contributed by atoms with Crippen molar-refractivity contribution in [1.82, 2.24) is 5.32 Å². The van der Waals surface area contributed by atoms with E-state index in [0.717, 1.165) is 17.9 Å². The summed E-state index contributed by atoms with van der Waals surface area (Å²) in [6.45, 7) is 3.84. The van der Waals surface area contributed by atoms with Crippen LogP contribution in [0.2, 0.25) is 0 Å². The average molecular weight is 431 g/mol. The van der Waals surface area contributed by atoms with Crippen LogP contribution in [0.1, 0.15) is 43.0 Å². The zero-order chi connectivity index (χ0) is 21.6. The van der Waals surface area contributed by atoms with Gasteiger partial charge in [0.2, 0.25) is 0 Å². The van der Waals surface area contributed by atoms with Crippen molar-refractivity contribution < 1.29 is 19.0 Å². The third-order valence-electron chi connectivity index (χ3n) is 4.26. The maximum atomic E-state index is 12.4. The van der Waals surface area contributed by atoms with E-state index in [0.29, 0.717) is 31.1 Å². The Morgan fingerprint density at radius 2 is 1.70 bits per heavy atom. The van der Waals surface area contributed by atoms with Gasteiger partial charge in [-0.25, -0.2) is 0 Å². The Hall–Kier alpha value is -2.64. The Morgan fingerprint density at radius 3 is 2.43 bits per heavy atom. The van der Waals surface area contributed by atoms with Gasteiger partial charge in [0, 0.05) is 24.4 Å². The Balaban J connectivity index is 1.80. The summed E-state index contributed by atoms with van der Waals surface area (Å²) >= 11 is 5.26. The molecule has 0 heterocycles. The van der Waals surface area contributed by atoms with Crippen molar-refractivity contribution in [2.24, 2.45) is 0 Å². The van der Waals surface area contributed by atoms with Crippen molar-refractivity contribution in [3.63, 3.8) is 0 Å². The summed E-state index contributed by atoms with van der Waals surface area (Å²) in [5.74, 6) is 1.16. The van der Waals surface area contributed by atoms with E-state index < -0.39 is 0 Å². The van der Waals surface area contributed by atoms with Gasteiger partial charge in [-0.3, -0.25) is 10.1 Å². The minimum Gasteiger partial charge on any atom is -0.494 e. The molecule has 7 heteroatoms. The third kappa shape index (κ3) is 8.80. The van der Waals surface area contributed by atoms with Crippen molar-refractivity contribution in [3.8, 4) is 11.5 Å². The highest BCUT2D eigenvalue weighted by Crippen LogP contribution is 2.18. The largest absolute Gasteiger partial charge is 0.494 e. The molecule has 0 saturated carbocycles. The molecule has 30 heavy (non-hydrogen) atoms. The molecule has 0 aliphatic rings. The molecule has 0 atom stereocenters. The van der Waals surface area contributed by atoms with Crippen LogP contribution in [0.25, 0.3) is 0 Å². The number of unbranched alkanes of at least 4 members (excludes halogenated alkanes) is 3.